The number of amides is 1. The maximum Gasteiger partial charge on any atom is 0.471 e. The molecule has 0 aromatic heterocycles. The summed E-state index contributed by atoms with van der Waals surface area (Å²) in [6.07, 6.45) is -17.7. The molecule has 164 valence electrons. The van der Waals surface area contributed by atoms with Gasteiger partial charge in [-0.05, 0) is 19.4 Å². The lowest BCUT2D eigenvalue weighted by Crippen LogP contribution is -2.63. The molecule has 0 bridgehead atoms. The number of aliphatic hydroxyl groups is 1. The topological polar surface area (TPSA) is 59.0 Å². The summed E-state index contributed by atoms with van der Waals surface area (Å²) in [7, 11) is 0. The van der Waals surface area contributed by atoms with E-state index >= 15 is 0 Å². The molecule has 1 heterocycles. The Hall–Kier alpha value is -1.85. The minimum atomic E-state index is -5.35. The zero-order valence-electron chi connectivity index (χ0n) is 15.6. The largest absolute Gasteiger partial charge is 0.471 e. The lowest BCUT2D eigenvalue weighted by molar-refractivity contribution is -0.323. The lowest BCUT2D eigenvalue weighted by atomic mass is 9.93. The van der Waals surface area contributed by atoms with Gasteiger partial charge in [-0.3, -0.25) is 4.79 Å². The summed E-state index contributed by atoms with van der Waals surface area (Å²) in [5.41, 5.74) is 0.264. The molecule has 1 saturated heterocycles. The predicted octanol–water partition coefficient (Wildman–Crippen LogP) is 3.58. The third kappa shape index (κ3) is 5.40. The van der Waals surface area contributed by atoms with Crippen LogP contribution in [-0.2, 0) is 14.3 Å². The average Bonchev–Trinajstić information content (AvgIpc) is 2.63. The second kappa shape index (κ2) is 8.88. The van der Waals surface area contributed by atoms with Crippen LogP contribution in [0.1, 0.15) is 31.9 Å². The zero-order valence-corrected chi connectivity index (χ0v) is 15.6. The maximum atomic E-state index is 13.3. The Morgan fingerprint density at radius 3 is 2.31 bits per heavy atom. The number of carbonyl (C=O) groups is 1. The Kier molecular flexibility index (Phi) is 7.18. The number of aliphatic hydroxyl groups excluding tert-OH is 1. The summed E-state index contributed by atoms with van der Waals surface area (Å²) < 4.78 is 89.6. The number of benzene rings is 1. The van der Waals surface area contributed by atoms with Gasteiger partial charge in [0.25, 0.3) is 0 Å². The highest BCUT2D eigenvalue weighted by Gasteiger charge is 2.57. The van der Waals surface area contributed by atoms with Crippen LogP contribution < -0.4 is 0 Å². The Morgan fingerprint density at radius 1 is 1.24 bits per heavy atom. The fourth-order valence-electron chi connectivity index (χ4n) is 3.33. The fourth-order valence-corrected chi connectivity index (χ4v) is 3.33. The van der Waals surface area contributed by atoms with E-state index in [0.717, 1.165) is 0 Å². The molecule has 5 atom stereocenters. The van der Waals surface area contributed by atoms with E-state index in [1.54, 1.807) is 6.07 Å². The molecule has 0 spiro atoms. The number of alkyl halides is 6. The number of hydrogen-bond donors (Lipinski definition) is 1. The van der Waals surface area contributed by atoms with Gasteiger partial charge in [-0.25, -0.2) is 0 Å². The monoisotopic (exact) mass is 429 g/mol. The summed E-state index contributed by atoms with van der Waals surface area (Å²) in [6.45, 7) is 2.65. The van der Waals surface area contributed by atoms with Crippen LogP contribution in [0.25, 0.3) is 0 Å². The molecule has 11 heteroatoms. The molecule has 1 aromatic carbocycles. The van der Waals surface area contributed by atoms with E-state index < -0.39 is 55.3 Å². The van der Waals surface area contributed by atoms with Gasteiger partial charge in [0, 0.05) is 13.0 Å². The normalized spacial score (nSPS) is 26.8. The van der Waals surface area contributed by atoms with Crippen molar-refractivity contribution >= 4 is 5.91 Å². The Balaban J connectivity index is 2.50. The van der Waals surface area contributed by atoms with Crippen LogP contribution in [0.4, 0.5) is 26.3 Å². The molecule has 29 heavy (non-hydrogen) atoms. The molecule has 2 rings (SSSR count). The Bertz CT molecular complexity index is 681. The van der Waals surface area contributed by atoms with Crippen molar-refractivity contribution in [3.05, 3.63) is 35.9 Å². The number of carbonyl (C=O) groups excluding carboxylic acids is 1. The van der Waals surface area contributed by atoms with Crippen LogP contribution in [0.15, 0.2) is 30.3 Å². The van der Waals surface area contributed by atoms with Gasteiger partial charge in [-0.2, -0.15) is 26.3 Å². The SMILES string of the molecule is CCO[C@@H]1C[C@H](N(C(=O)C(F)(F)F)[C@H](C)c2ccccc2)[C@@H](O)[C@H](C(F)(F)F)O1. The molecule has 1 aliphatic rings. The third-order valence-electron chi connectivity index (χ3n) is 4.65. The molecular weight excluding hydrogens is 408 g/mol. The number of halogens is 6. The summed E-state index contributed by atoms with van der Waals surface area (Å²) in [5, 5.41) is 10.3. The molecule has 0 saturated carbocycles. The average molecular weight is 429 g/mol. The third-order valence-corrected chi connectivity index (χ3v) is 4.65. The van der Waals surface area contributed by atoms with Crippen LogP contribution >= 0.6 is 0 Å². The smallest absolute Gasteiger partial charge is 0.388 e. The van der Waals surface area contributed by atoms with Crippen molar-refractivity contribution in [2.24, 2.45) is 0 Å². The minimum Gasteiger partial charge on any atom is -0.388 e. The van der Waals surface area contributed by atoms with E-state index in [0.29, 0.717) is 0 Å². The van der Waals surface area contributed by atoms with E-state index in [1.807, 2.05) is 0 Å². The second-order valence-corrected chi connectivity index (χ2v) is 6.57. The standard InChI is InChI=1S/C18H21F6NO4/c1-3-28-13-9-12(14(26)15(29-13)17(19,20)21)25(16(27)18(22,23)24)10(2)11-7-5-4-6-8-11/h4-8,10,12-15,26H,3,9H2,1-2H3/t10-,12+,13+,14-,15-/m1/s1. The van der Waals surface area contributed by atoms with Crippen molar-refractivity contribution < 1.29 is 45.7 Å². The van der Waals surface area contributed by atoms with E-state index in [2.05, 4.69) is 0 Å². The van der Waals surface area contributed by atoms with Gasteiger partial charge in [0.1, 0.15) is 6.10 Å². The Morgan fingerprint density at radius 2 is 1.83 bits per heavy atom. The molecule has 5 nitrogen and oxygen atoms in total. The van der Waals surface area contributed by atoms with Gasteiger partial charge in [-0.1, -0.05) is 30.3 Å². The molecule has 1 fully saturated rings. The molecule has 0 unspecified atom stereocenters. The summed E-state index contributed by atoms with van der Waals surface area (Å²) in [5.74, 6) is -2.35. The zero-order chi connectivity index (χ0) is 22.0. The summed E-state index contributed by atoms with van der Waals surface area (Å²) >= 11 is 0. The molecule has 0 aliphatic carbocycles. The number of hydrogen-bond acceptors (Lipinski definition) is 4. The first-order valence-corrected chi connectivity index (χ1v) is 8.84. The van der Waals surface area contributed by atoms with Crippen molar-refractivity contribution in [2.45, 2.75) is 63.2 Å². The van der Waals surface area contributed by atoms with Gasteiger partial charge in [-0.15, -0.1) is 0 Å². The number of nitrogens with zero attached hydrogens (tertiary/aromatic N) is 1. The van der Waals surface area contributed by atoms with Crippen LogP contribution in [0, 0.1) is 0 Å². The first-order chi connectivity index (χ1) is 13.4. The number of ether oxygens (including phenoxy) is 2. The summed E-state index contributed by atoms with van der Waals surface area (Å²) in [4.78, 5) is 12.4. The molecular formula is C18H21F6NO4. The molecule has 1 amide bonds. The predicted molar refractivity (Wildman–Crippen MR) is 88.5 cm³/mol. The molecule has 1 aliphatic heterocycles. The molecule has 0 radical (unpaired) electrons. The highest BCUT2D eigenvalue weighted by molar-refractivity contribution is 5.82. The first-order valence-electron chi connectivity index (χ1n) is 8.84. The van der Waals surface area contributed by atoms with Crippen molar-refractivity contribution in [2.75, 3.05) is 6.61 Å². The van der Waals surface area contributed by atoms with Crippen molar-refractivity contribution in [1.82, 2.24) is 4.90 Å². The van der Waals surface area contributed by atoms with Crippen LogP contribution in [0.3, 0.4) is 0 Å². The van der Waals surface area contributed by atoms with E-state index in [1.165, 1.54) is 38.1 Å². The fraction of sp³-hybridized carbons (Fsp3) is 0.611. The quantitative estimate of drug-likeness (QED) is 0.727. The summed E-state index contributed by atoms with van der Waals surface area (Å²) in [6, 6.07) is 4.41. The number of rotatable bonds is 5. The van der Waals surface area contributed by atoms with E-state index in [9.17, 15) is 36.2 Å². The Labute approximate surface area is 163 Å². The highest BCUT2D eigenvalue weighted by Crippen LogP contribution is 2.39. The van der Waals surface area contributed by atoms with Gasteiger partial charge in [0.2, 0.25) is 0 Å². The second-order valence-electron chi connectivity index (χ2n) is 6.57. The van der Waals surface area contributed by atoms with E-state index in [-0.39, 0.29) is 17.1 Å². The lowest BCUT2D eigenvalue weighted by Gasteiger charge is -2.46. The van der Waals surface area contributed by atoms with E-state index in [4.69, 9.17) is 9.47 Å². The van der Waals surface area contributed by atoms with Gasteiger partial charge < -0.3 is 19.5 Å². The first kappa shape index (κ1) is 23.4. The van der Waals surface area contributed by atoms with Crippen molar-refractivity contribution in [3.63, 3.8) is 0 Å². The van der Waals surface area contributed by atoms with Crippen LogP contribution in [0.2, 0.25) is 0 Å². The van der Waals surface area contributed by atoms with Gasteiger partial charge in [0.05, 0.1) is 12.1 Å². The molecule has 1 N–H and O–H groups in total. The van der Waals surface area contributed by atoms with Gasteiger partial charge >= 0.3 is 18.3 Å². The highest BCUT2D eigenvalue weighted by atomic mass is 19.4. The van der Waals surface area contributed by atoms with Crippen LogP contribution in [-0.4, -0.2) is 59.4 Å². The molecule has 1 aromatic rings. The van der Waals surface area contributed by atoms with Crippen molar-refractivity contribution in [3.8, 4) is 0 Å². The maximum absolute atomic E-state index is 13.3. The van der Waals surface area contributed by atoms with Gasteiger partial charge in [0.15, 0.2) is 12.4 Å². The van der Waals surface area contributed by atoms with Crippen LogP contribution in [0.5, 0.6) is 0 Å². The minimum absolute atomic E-state index is 0.0699. The van der Waals surface area contributed by atoms with Crippen molar-refractivity contribution in [1.29, 1.82) is 0 Å².